The zero-order valence-corrected chi connectivity index (χ0v) is 14.2. The fraction of sp³-hybridized carbons (Fsp3) is 0.188. The van der Waals surface area contributed by atoms with Crippen LogP contribution in [0, 0.1) is 0 Å². The molecule has 0 atom stereocenters. The molecule has 6 nitrogen and oxygen atoms in total. The van der Waals surface area contributed by atoms with Crippen molar-refractivity contribution in [2.45, 2.75) is 6.54 Å². The maximum atomic E-state index is 12.2. The topological polar surface area (TPSA) is 68.5 Å². The van der Waals surface area contributed by atoms with E-state index in [9.17, 15) is 4.79 Å². The molecular formula is C16H13Cl2N3O3. The third-order valence-corrected chi connectivity index (χ3v) is 3.86. The van der Waals surface area contributed by atoms with Crippen molar-refractivity contribution < 1.29 is 13.9 Å². The molecule has 0 radical (unpaired) electrons. The molecule has 24 heavy (non-hydrogen) atoms. The van der Waals surface area contributed by atoms with Gasteiger partial charge in [-0.1, -0.05) is 23.2 Å². The van der Waals surface area contributed by atoms with E-state index in [1.165, 1.54) is 11.2 Å². The molecule has 0 saturated heterocycles. The largest absolute Gasteiger partial charge is 0.467 e. The lowest BCUT2D eigenvalue weighted by molar-refractivity contribution is -0.132. The molecule has 124 valence electrons. The van der Waals surface area contributed by atoms with Crippen molar-refractivity contribution in [3.05, 3.63) is 52.7 Å². The van der Waals surface area contributed by atoms with Gasteiger partial charge in [0.25, 0.3) is 5.91 Å². The zero-order chi connectivity index (χ0) is 17.1. The molecule has 0 aliphatic rings. The number of carbonyl (C=O) groups is 1. The molecule has 3 rings (SSSR count). The lowest BCUT2D eigenvalue weighted by Gasteiger charge is -2.16. The van der Waals surface area contributed by atoms with Gasteiger partial charge in [0.05, 0.1) is 28.7 Å². The van der Waals surface area contributed by atoms with E-state index in [1.54, 1.807) is 37.6 Å². The van der Waals surface area contributed by atoms with E-state index in [2.05, 4.69) is 9.97 Å². The number of carbonyl (C=O) groups excluding carboxylic acids is 1. The molecule has 2 heterocycles. The SMILES string of the molecule is CN(Cc1ccco1)C(=O)COc1ncnc2c(Cl)cc(Cl)cc12. The normalized spacial score (nSPS) is 10.8. The number of hydrogen-bond donors (Lipinski definition) is 0. The second-order valence-electron chi connectivity index (χ2n) is 5.08. The third kappa shape index (κ3) is 3.60. The van der Waals surface area contributed by atoms with Crippen LogP contribution in [0.25, 0.3) is 10.9 Å². The highest BCUT2D eigenvalue weighted by atomic mass is 35.5. The molecule has 2 aromatic heterocycles. The van der Waals surface area contributed by atoms with Crippen LogP contribution in [0.15, 0.2) is 41.3 Å². The van der Waals surface area contributed by atoms with E-state index in [4.69, 9.17) is 32.4 Å². The number of halogens is 2. The summed E-state index contributed by atoms with van der Waals surface area (Å²) in [4.78, 5) is 21.8. The van der Waals surface area contributed by atoms with Crippen LogP contribution >= 0.6 is 23.2 Å². The number of amides is 1. The van der Waals surface area contributed by atoms with Gasteiger partial charge in [-0.3, -0.25) is 4.79 Å². The Morgan fingerprint density at radius 1 is 1.33 bits per heavy atom. The summed E-state index contributed by atoms with van der Waals surface area (Å²) < 4.78 is 10.8. The Labute approximate surface area is 148 Å². The van der Waals surface area contributed by atoms with E-state index in [0.717, 1.165) is 0 Å². The van der Waals surface area contributed by atoms with Gasteiger partial charge in [-0.25, -0.2) is 9.97 Å². The first kappa shape index (κ1) is 16.5. The Hall–Kier alpha value is -2.31. The molecule has 1 amide bonds. The Kier molecular flexibility index (Phi) is 4.87. The van der Waals surface area contributed by atoms with Crippen molar-refractivity contribution in [2.24, 2.45) is 0 Å². The summed E-state index contributed by atoms with van der Waals surface area (Å²) in [5.74, 6) is 0.729. The molecule has 0 saturated carbocycles. The molecule has 0 unspecified atom stereocenters. The summed E-state index contributed by atoms with van der Waals surface area (Å²) in [6.45, 7) is 0.185. The van der Waals surface area contributed by atoms with Crippen LogP contribution in [0.3, 0.4) is 0 Å². The van der Waals surface area contributed by atoms with E-state index < -0.39 is 0 Å². The summed E-state index contributed by atoms with van der Waals surface area (Å²) in [7, 11) is 1.67. The zero-order valence-electron chi connectivity index (χ0n) is 12.7. The number of benzene rings is 1. The third-order valence-electron chi connectivity index (χ3n) is 3.35. The van der Waals surface area contributed by atoms with E-state index in [-0.39, 0.29) is 18.4 Å². The summed E-state index contributed by atoms with van der Waals surface area (Å²) in [6, 6.07) is 6.80. The van der Waals surface area contributed by atoms with Crippen molar-refractivity contribution in [1.82, 2.24) is 14.9 Å². The van der Waals surface area contributed by atoms with Gasteiger partial charge in [0.15, 0.2) is 6.61 Å². The molecule has 0 N–H and O–H groups in total. The highest BCUT2D eigenvalue weighted by Crippen LogP contribution is 2.30. The first-order valence-corrected chi connectivity index (χ1v) is 7.79. The van der Waals surface area contributed by atoms with Crippen molar-refractivity contribution >= 4 is 40.0 Å². The molecule has 0 fully saturated rings. The van der Waals surface area contributed by atoms with Crippen LogP contribution in [-0.4, -0.2) is 34.4 Å². The van der Waals surface area contributed by atoms with Crippen molar-refractivity contribution in [3.63, 3.8) is 0 Å². The standard InChI is InChI=1S/C16H13Cl2N3O3/c1-21(7-11-3-2-4-23-11)14(22)8-24-16-12-5-10(17)6-13(18)15(12)19-9-20-16/h2-6,9H,7-8H2,1H3. The van der Waals surface area contributed by atoms with Gasteiger partial charge in [-0.15, -0.1) is 0 Å². The Morgan fingerprint density at radius 2 is 2.17 bits per heavy atom. The Balaban J connectivity index is 1.72. The van der Waals surface area contributed by atoms with Gasteiger partial charge in [-0.05, 0) is 24.3 Å². The molecule has 0 spiro atoms. The quantitative estimate of drug-likeness (QED) is 0.691. The summed E-state index contributed by atoms with van der Waals surface area (Å²) in [5, 5.41) is 1.39. The maximum absolute atomic E-state index is 12.2. The van der Waals surface area contributed by atoms with Gasteiger partial charge in [0.2, 0.25) is 5.88 Å². The van der Waals surface area contributed by atoms with Crippen molar-refractivity contribution in [2.75, 3.05) is 13.7 Å². The summed E-state index contributed by atoms with van der Waals surface area (Å²) >= 11 is 12.1. The first-order valence-electron chi connectivity index (χ1n) is 7.03. The predicted molar refractivity (Wildman–Crippen MR) is 90.2 cm³/mol. The van der Waals surface area contributed by atoms with Crippen LogP contribution in [0.5, 0.6) is 5.88 Å². The van der Waals surface area contributed by atoms with E-state index in [1.807, 2.05) is 0 Å². The molecule has 0 aliphatic carbocycles. The number of furan rings is 1. The molecule has 1 aromatic carbocycles. The molecule has 3 aromatic rings. The molecule has 8 heteroatoms. The predicted octanol–water partition coefficient (Wildman–Crippen LogP) is 3.57. The van der Waals surface area contributed by atoms with Gasteiger partial charge in [0, 0.05) is 12.1 Å². The van der Waals surface area contributed by atoms with Gasteiger partial charge in [0.1, 0.15) is 12.1 Å². The molecule has 0 aliphatic heterocycles. The highest BCUT2D eigenvalue weighted by molar-refractivity contribution is 6.38. The maximum Gasteiger partial charge on any atom is 0.260 e. The van der Waals surface area contributed by atoms with E-state index in [0.29, 0.717) is 33.3 Å². The second-order valence-corrected chi connectivity index (χ2v) is 5.92. The van der Waals surface area contributed by atoms with Crippen LogP contribution in [-0.2, 0) is 11.3 Å². The van der Waals surface area contributed by atoms with Gasteiger partial charge >= 0.3 is 0 Å². The van der Waals surface area contributed by atoms with Gasteiger partial charge in [-0.2, -0.15) is 0 Å². The summed E-state index contributed by atoms with van der Waals surface area (Å²) in [6.07, 6.45) is 2.89. The smallest absolute Gasteiger partial charge is 0.260 e. The van der Waals surface area contributed by atoms with Crippen LogP contribution in [0.2, 0.25) is 10.0 Å². The summed E-state index contributed by atoms with van der Waals surface area (Å²) in [5.41, 5.74) is 0.516. The number of fused-ring (bicyclic) bond motifs is 1. The van der Waals surface area contributed by atoms with Crippen molar-refractivity contribution in [3.8, 4) is 5.88 Å². The number of likely N-dealkylation sites (N-methyl/N-ethyl adjacent to an activating group) is 1. The fourth-order valence-electron chi connectivity index (χ4n) is 2.15. The Morgan fingerprint density at radius 3 is 2.92 bits per heavy atom. The average Bonchev–Trinajstić information content (AvgIpc) is 3.05. The minimum atomic E-state index is -0.216. The number of ether oxygens (including phenoxy) is 1. The van der Waals surface area contributed by atoms with E-state index >= 15 is 0 Å². The van der Waals surface area contributed by atoms with Gasteiger partial charge < -0.3 is 14.1 Å². The number of nitrogens with zero attached hydrogens (tertiary/aromatic N) is 3. The van der Waals surface area contributed by atoms with Crippen LogP contribution in [0.1, 0.15) is 5.76 Å². The molecular weight excluding hydrogens is 353 g/mol. The number of rotatable bonds is 5. The second kappa shape index (κ2) is 7.07. The fourth-order valence-corrected chi connectivity index (χ4v) is 2.69. The van der Waals surface area contributed by atoms with Crippen LogP contribution < -0.4 is 4.74 Å². The first-order chi connectivity index (χ1) is 11.5. The Bertz CT molecular complexity index is 868. The lowest BCUT2D eigenvalue weighted by Crippen LogP contribution is -2.31. The molecule has 0 bridgehead atoms. The average molecular weight is 366 g/mol. The highest BCUT2D eigenvalue weighted by Gasteiger charge is 2.14. The number of aromatic nitrogens is 2. The van der Waals surface area contributed by atoms with Crippen LogP contribution in [0.4, 0.5) is 0 Å². The van der Waals surface area contributed by atoms with Crippen molar-refractivity contribution in [1.29, 1.82) is 0 Å². The minimum Gasteiger partial charge on any atom is -0.467 e. The lowest BCUT2D eigenvalue weighted by atomic mass is 10.2. The number of hydrogen-bond acceptors (Lipinski definition) is 5. The minimum absolute atomic E-state index is 0.173. The monoisotopic (exact) mass is 365 g/mol.